The van der Waals surface area contributed by atoms with Crippen molar-refractivity contribution in [2.75, 3.05) is 0 Å². The molecule has 0 saturated heterocycles. The van der Waals surface area contributed by atoms with Crippen LogP contribution in [0.25, 0.3) is 39.3 Å². The zero-order valence-corrected chi connectivity index (χ0v) is 12.8. The first-order valence-corrected chi connectivity index (χ1v) is 7.87. The number of nitrogens with zero attached hydrogens (tertiary/aromatic N) is 3. The molecule has 0 fully saturated rings. The number of hydrogen-bond acceptors (Lipinski definition) is 2. The predicted octanol–water partition coefficient (Wildman–Crippen LogP) is 4.57. The molecule has 4 nitrogen and oxygen atoms in total. The van der Waals surface area contributed by atoms with Crippen LogP contribution < -0.4 is 0 Å². The average molecular weight is 310 g/mol. The van der Waals surface area contributed by atoms with E-state index in [1.807, 2.05) is 42.5 Å². The normalized spacial score (nSPS) is 11.3. The standard InChI is InChI=1S/C20H14N4/c1-2-8-15(9-3-1)24-19-17(11-6-12-21-19)23-20(24)18-13-14-7-4-5-10-16(14)22-18/h1-13,22H. The van der Waals surface area contributed by atoms with Gasteiger partial charge in [-0.15, -0.1) is 0 Å². The summed E-state index contributed by atoms with van der Waals surface area (Å²) in [6.45, 7) is 0. The Hall–Kier alpha value is -3.40. The fourth-order valence-electron chi connectivity index (χ4n) is 3.11. The van der Waals surface area contributed by atoms with E-state index in [1.54, 1.807) is 6.20 Å². The molecule has 0 aliphatic carbocycles. The summed E-state index contributed by atoms with van der Waals surface area (Å²) in [7, 11) is 0. The average Bonchev–Trinajstić information content (AvgIpc) is 3.23. The summed E-state index contributed by atoms with van der Waals surface area (Å²) >= 11 is 0. The van der Waals surface area contributed by atoms with Crippen LogP contribution in [0.2, 0.25) is 0 Å². The van der Waals surface area contributed by atoms with Gasteiger partial charge in [0.05, 0.1) is 5.69 Å². The largest absolute Gasteiger partial charge is 0.352 e. The van der Waals surface area contributed by atoms with Gasteiger partial charge in [-0.2, -0.15) is 0 Å². The van der Waals surface area contributed by atoms with E-state index >= 15 is 0 Å². The number of pyridine rings is 1. The molecule has 114 valence electrons. The van der Waals surface area contributed by atoms with Gasteiger partial charge in [0.25, 0.3) is 0 Å². The monoisotopic (exact) mass is 310 g/mol. The molecule has 3 aromatic heterocycles. The third-order valence-corrected chi connectivity index (χ3v) is 4.20. The fraction of sp³-hybridized carbons (Fsp3) is 0. The predicted molar refractivity (Wildman–Crippen MR) is 96.2 cm³/mol. The van der Waals surface area contributed by atoms with Crippen LogP contribution in [0.3, 0.4) is 0 Å². The van der Waals surface area contributed by atoms with Gasteiger partial charge in [-0.3, -0.25) is 4.57 Å². The minimum Gasteiger partial charge on any atom is -0.352 e. The van der Waals surface area contributed by atoms with Gasteiger partial charge in [0.1, 0.15) is 5.52 Å². The van der Waals surface area contributed by atoms with Crippen LogP contribution in [0.5, 0.6) is 0 Å². The highest BCUT2D eigenvalue weighted by molar-refractivity contribution is 5.87. The molecule has 0 spiro atoms. The number of H-pyrrole nitrogens is 1. The van der Waals surface area contributed by atoms with Crippen LogP contribution in [0.4, 0.5) is 0 Å². The van der Waals surface area contributed by atoms with Gasteiger partial charge in [-0.1, -0.05) is 36.4 Å². The quantitative estimate of drug-likeness (QED) is 0.519. The summed E-state index contributed by atoms with van der Waals surface area (Å²) in [5.74, 6) is 0.867. The Morgan fingerprint density at radius 3 is 2.54 bits per heavy atom. The molecule has 0 radical (unpaired) electrons. The molecule has 5 aromatic rings. The molecule has 0 bridgehead atoms. The topological polar surface area (TPSA) is 46.5 Å². The van der Waals surface area contributed by atoms with E-state index in [4.69, 9.17) is 4.98 Å². The van der Waals surface area contributed by atoms with Gasteiger partial charge >= 0.3 is 0 Å². The second kappa shape index (κ2) is 5.06. The Balaban J connectivity index is 1.85. The molecule has 0 unspecified atom stereocenters. The number of nitrogens with one attached hydrogen (secondary N) is 1. The van der Waals surface area contributed by atoms with Gasteiger partial charge in [-0.25, -0.2) is 9.97 Å². The number of aromatic amines is 1. The van der Waals surface area contributed by atoms with Gasteiger partial charge in [-0.05, 0) is 36.4 Å². The minimum atomic E-state index is 0.859. The van der Waals surface area contributed by atoms with Crippen molar-refractivity contribution < 1.29 is 0 Å². The summed E-state index contributed by atoms with van der Waals surface area (Å²) in [6.07, 6.45) is 1.80. The molecule has 0 saturated carbocycles. The van der Waals surface area contributed by atoms with Gasteiger partial charge < -0.3 is 4.98 Å². The zero-order chi connectivity index (χ0) is 15.9. The first kappa shape index (κ1) is 13.1. The first-order valence-electron chi connectivity index (χ1n) is 7.87. The number of rotatable bonds is 2. The van der Waals surface area contributed by atoms with Crippen molar-refractivity contribution in [3.05, 3.63) is 79.0 Å². The van der Waals surface area contributed by atoms with Gasteiger partial charge in [0.15, 0.2) is 11.5 Å². The first-order chi connectivity index (χ1) is 11.9. The zero-order valence-electron chi connectivity index (χ0n) is 12.8. The maximum Gasteiger partial charge on any atom is 0.164 e. The lowest BCUT2D eigenvalue weighted by Crippen LogP contribution is -1.98. The van der Waals surface area contributed by atoms with Crippen molar-refractivity contribution in [2.24, 2.45) is 0 Å². The Morgan fingerprint density at radius 1 is 0.833 bits per heavy atom. The van der Waals surface area contributed by atoms with Crippen molar-refractivity contribution >= 4 is 22.1 Å². The second-order valence-electron chi connectivity index (χ2n) is 5.72. The van der Waals surface area contributed by atoms with Crippen LogP contribution in [0, 0.1) is 0 Å². The molecule has 0 atom stereocenters. The summed E-state index contributed by atoms with van der Waals surface area (Å²) in [6, 6.07) is 24.5. The highest BCUT2D eigenvalue weighted by atomic mass is 15.1. The Morgan fingerprint density at radius 2 is 1.67 bits per heavy atom. The molecule has 2 aromatic carbocycles. The van der Waals surface area contributed by atoms with Crippen LogP contribution in [0.15, 0.2) is 79.0 Å². The molecular formula is C20H14N4. The maximum absolute atomic E-state index is 4.82. The number of aromatic nitrogens is 4. The van der Waals surface area contributed by atoms with Crippen LogP contribution in [0.1, 0.15) is 0 Å². The molecule has 4 heteroatoms. The molecule has 0 aliphatic rings. The Bertz CT molecular complexity index is 1120. The van der Waals surface area contributed by atoms with Crippen LogP contribution in [-0.2, 0) is 0 Å². The van der Waals surface area contributed by atoms with E-state index < -0.39 is 0 Å². The lowest BCUT2D eigenvalue weighted by atomic mass is 10.2. The minimum absolute atomic E-state index is 0.859. The van der Waals surface area contributed by atoms with Crippen molar-refractivity contribution in [3.8, 4) is 17.2 Å². The third-order valence-electron chi connectivity index (χ3n) is 4.20. The van der Waals surface area contributed by atoms with Crippen molar-refractivity contribution in [1.82, 2.24) is 19.5 Å². The van der Waals surface area contributed by atoms with Gasteiger partial charge in [0, 0.05) is 22.8 Å². The molecule has 0 aliphatic heterocycles. The summed E-state index contributed by atoms with van der Waals surface area (Å²) < 4.78 is 2.10. The molecule has 3 heterocycles. The lowest BCUT2D eigenvalue weighted by molar-refractivity contribution is 1.07. The molecule has 1 N–H and O–H groups in total. The third kappa shape index (κ3) is 1.93. The fourth-order valence-corrected chi connectivity index (χ4v) is 3.11. The summed E-state index contributed by atoms with van der Waals surface area (Å²) in [4.78, 5) is 12.8. The second-order valence-corrected chi connectivity index (χ2v) is 5.72. The highest BCUT2D eigenvalue weighted by Crippen LogP contribution is 2.29. The van der Waals surface area contributed by atoms with E-state index in [-0.39, 0.29) is 0 Å². The van der Waals surface area contributed by atoms with Crippen molar-refractivity contribution in [1.29, 1.82) is 0 Å². The molecule has 24 heavy (non-hydrogen) atoms. The SMILES string of the molecule is c1ccc(-n2c(-c3cc4ccccc4[nH]3)nc3cccnc32)cc1. The van der Waals surface area contributed by atoms with Crippen molar-refractivity contribution in [3.63, 3.8) is 0 Å². The smallest absolute Gasteiger partial charge is 0.164 e. The summed E-state index contributed by atoms with van der Waals surface area (Å²) in [5, 5.41) is 1.17. The molecule has 5 rings (SSSR count). The van der Waals surface area contributed by atoms with E-state index in [1.165, 1.54) is 5.39 Å². The van der Waals surface area contributed by atoms with Crippen LogP contribution in [-0.4, -0.2) is 19.5 Å². The Kier molecular flexibility index (Phi) is 2.76. The molecular weight excluding hydrogens is 296 g/mol. The maximum atomic E-state index is 4.82. The van der Waals surface area contributed by atoms with E-state index in [0.29, 0.717) is 0 Å². The number of hydrogen-bond donors (Lipinski definition) is 1. The molecule has 0 amide bonds. The number of fused-ring (bicyclic) bond motifs is 2. The number of para-hydroxylation sites is 2. The lowest BCUT2D eigenvalue weighted by Gasteiger charge is -2.07. The Labute approximate surface area is 138 Å². The number of imidazole rings is 1. The van der Waals surface area contributed by atoms with Gasteiger partial charge in [0.2, 0.25) is 0 Å². The van der Waals surface area contributed by atoms with Crippen LogP contribution >= 0.6 is 0 Å². The summed E-state index contributed by atoms with van der Waals surface area (Å²) in [5.41, 5.74) is 4.88. The van der Waals surface area contributed by atoms with E-state index in [9.17, 15) is 0 Å². The number of benzene rings is 2. The van der Waals surface area contributed by atoms with E-state index in [2.05, 4.69) is 44.9 Å². The highest BCUT2D eigenvalue weighted by Gasteiger charge is 2.16. The van der Waals surface area contributed by atoms with Crippen molar-refractivity contribution in [2.45, 2.75) is 0 Å². The van der Waals surface area contributed by atoms with E-state index in [0.717, 1.165) is 33.9 Å².